The molecule has 0 bridgehead atoms. The molecular weight excluding hydrogens is 534 g/mol. The molecule has 0 saturated heterocycles. The summed E-state index contributed by atoms with van der Waals surface area (Å²) in [5, 5.41) is 4.90. The third kappa shape index (κ3) is 2.77. The van der Waals surface area contributed by atoms with Crippen molar-refractivity contribution in [1.82, 2.24) is 23.5 Å². The van der Waals surface area contributed by atoms with Crippen LogP contribution in [0.25, 0.3) is 81.3 Å². The van der Waals surface area contributed by atoms with Crippen LogP contribution in [0, 0.1) is 0 Å². The number of rotatable bonds is 2. The second kappa shape index (κ2) is 8.06. The van der Waals surface area contributed by atoms with Crippen LogP contribution < -0.4 is 0 Å². The van der Waals surface area contributed by atoms with Gasteiger partial charge in [-0.2, -0.15) is 0 Å². The van der Waals surface area contributed by atoms with E-state index < -0.39 is 0 Å². The number of fused-ring (bicyclic) bond motifs is 11. The monoisotopic (exact) mass is 555 g/mol. The number of thiophene rings is 1. The molecule has 5 nitrogen and oxygen atoms in total. The molecule has 0 amide bonds. The van der Waals surface area contributed by atoms with E-state index in [9.17, 15) is 0 Å². The maximum atomic E-state index is 5.17. The van der Waals surface area contributed by atoms with Crippen LogP contribution in [0.2, 0.25) is 0 Å². The Morgan fingerprint density at radius 1 is 0.524 bits per heavy atom. The fourth-order valence-corrected chi connectivity index (χ4v) is 7.96. The molecule has 0 atom stereocenters. The second-order valence-corrected chi connectivity index (χ2v) is 11.7. The van der Waals surface area contributed by atoms with E-state index in [4.69, 9.17) is 9.97 Å². The zero-order valence-electron chi connectivity index (χ0n) is 22.3. The van der Waals surface area contributed by atoms with E-state index in [0.717, 1.165) is 50.4 Å². The molecule has 196 valence electrons. The van der Waals surface area contributed by atoms with Gasteiger partial charge in [-0.05, 0) is 48.5 Å². The number of imidazole rings is 2. The fourth-order valence-electron chi connectivity index (χ4n) is 6.79. The first-order valence-electron chi connectivity index (χ1n) is 14.0. The molecule has 0 aliphatic rings. The van der Waals surface area contributed by atoms with Crippen LogP contribution in [-0.4, -0.2) is 23.5 Å². The molecule has 0 spiro atoms. The highest BCUT2D eigenvalue weighted by atomic mass is 32.1. The van der Waals surface area contributed by atoms with E-state index in [1.54, 1.807) is 0 Å². The van der Waals surface area contributed by atoms with Crippen LogP contribution in [0.1, 0.15) is 0 Å². The van der Waals surface area contributed by atoms with Gasteiger partial charge in [0.15, 0.2) is 5.82 Å². The molecule has 5 aromatic carbocycles. The Morgan fingerprint density at radius 2 is 1.24 bits per heavy atom. The number of hydrogen-bond donors (Lipinski definition) is 0. The minimum Gasteiger partial charge on any atom is -0.290 e. The molecule has 0 N–H and O–H groups in total. The molecular formula is C36H21N5S. The van der Waals surface area contributed by atoms with Crippen molar-refractivity contribution in [3.8, 4) is 11.5 Å². The van der Waals surface area contributed by atoms with Crippen molar-refractivity contribution in [1.29, 1.82) is 0 Å². The van der Waals surface area contributed by atoms with Crippen molar-refractivity contribution in [2.24, 2.45) is 0 Å². The van der Waals surface area contributed by atoms with E-state index in [1.165, 1.54) is 30.9 Å². The first-order chi connectivity index (χ1) is 20.9. The highest BCUT2D eigenvalue weighted by molar-refractivity contribution is 7.26. The van der Waals surface area contributed by atoms with E-state index in [0.29, 0.717) is 0 Å². The van der Waals surface area contributed by atoms with Crippen LogP contribution >= 0.6 is 11.3 Å². The van der Waals surface area contributed by atoms with Gasteiger partial charge in [0.2, 0.25) is 5.78 Å². The minimum atomic E-state index is 0.898. The number of aromatic nitrogens is 5. The normalized spacial score (nSPS) is 12.3. The molecule has 0 aliphatic heterocycles. The molecule has 0 radical (unpaired) electrons. The smallest absolute Gasteiger partial charge is 0.220 e. The molecule has 6 heteroatoms. The summed E-state index contributed by atoms with van der Waals surface area (Å²) in [7, 11) is 0. The Labute approximate surface area is 243 Å². The summed E-state index contributed by atoms with van der Waals surface area (Å²) in [4.78, 5) is 10.2. The first kappa shape index (κ1) is 22.3. The lowest BCUT2D eigenvalue weighted by molar-refractivity contribution is 1.07. The maximum Gasteiger partial charge on any atom is 0.220 e. The molecule has 5 aromatic heterocycles. The predicted molar refractivity (Wildman–Crippen MR) is 175 cm³/mol. The Hall–Kier alpha value is -5.46. The van der Waals surface area contributed by atoms with Gasteiger partial charge in [0.1, 0.15) is 0 Å². The molecule has 10 aromatic rings. The van der Waals surface area contributed by atoms with Crippen LogP contribution in [0.3, 0.4) is 0 Å². The van der Waals surface area contributed by atoms with E-state index in [2.05, 4.69) is 135 Å². The second-order valence-electron chi connectivity index (χ2n) is 10.7. The number of hydrogen-bond acceptors (Lipinski definition) is 3. The number of pyridine rings is 1. The van der Waals surface area contributed by atoms with Gasteiger partial charge in [0.25, 0.3) is 0 Å². The zero-order valence-corrected chi connectivity index (χ0v) is 23.1. The zero-order chi connectivity index (χ0) is 27.4. The number of nitrogens with zero attached hydrogens (tertiary/aromatic N) is 5. The third-order valence-electron chi connectivity index (χ3n) is 8.51. The molecule has 0 aliphatic carbocycles. The number of benzene rings is 5. The molecule has 42 heavy (non-hydrogen) atoms. The Balaban J connectivity index is 1.42. The summed E-state index contributed by atoms with van der Waals surface area (Å²) in [6.07, 6.45) is 1.95. The predicted octanol–water partition coefficient (Wildman–Crippen LogP) is 9.29. The quantitative estimate of drug-likeness (QED) is 0.213. The number of para-hydroxylation sites is 6. The van der Waals surface area contributed by atoms with Gasteiger partial charge in [-0.3, -0.25) is 13.5 Å². The lowest BCUT2D eigenvalue weighted by atomic mass is 10.1. The van der Waals surface area contributed by atoms with Crippen molar-refractivity contribution in [3.63, 3.8) is 0 Å². The minimum absolute atomic E-state index is 0.898. The van der Waals surface area contributed by atoms with E-state index in [-0.39, 0.29) is 0 Å². The van der Waals surface area contributed by atoms with Crippen molar-refractivity contribution in [2.75, 3.05) is 0 Å². The van der Waals surface area contributed by atoms with Crippen LogP contribution in [0.5, 0.6) is 0 Å². The standard InChI is InChI=1S/C36H21N5S/c1-4-14-27-22(10-1)24-12-9-18-31(33(24)41(27)35-34-25(20-21-37-35)23-11-2-8-19-32(23)42-34)40-30-17-7-6-16-29(30)39-28-15-5-3-13-26(28)38-36(39)40/h1-21H. The first-order valence-corrected chi connectivity index (χ1v) is 14.8. The average molecular weight is 556 g/mol. The SMILES string of the molecule is c1ccc2c(c1)nc1n(-c3cccc4c5ccccc5n(-c5nccc6c5sc5ccccc56)c34)c3ccccc3n21. The van der Waals surface area contributed by atoms with Crippen molar-refractivity contribution < 1.29 is 0 Å². The summed E-state index contributed by atoms with van der Waals surface area (Å²) >= 11 is 1.81. The van der Waals surface area contributed by atoms with Crippen LogP contribution in [-0.2, 0) is 0 Å². The van der Waals surface area contributed by atoms with Gasteiger partial charge in [-0.25, -0.2) is 9.97 Å². The lowest BCUT2D eigenvalue weighted by Crippen LogP contribution is -2.02. The Kier molecular flexibility index (Phi) is 4.27. The molecule has 0 saturated carbocycles. The van der Waals surface area contributed by atoms with Gasteiger partial charge in [0, 0.05) is 32.4 Å². The Morgan fingerprint density at radius 3 is 2.14 bits per heavy atom. The van der Waals surface area contributed by atoms with E-state index >= 15 is 0 Å². The average Bonchev–Trinajstić information content (AvgIpc) is 3.78. The van der Waals surface area contributed by atoms with Gasteiger partial charge < -0.3 is 0 Å². The van der Waals surface area contributed by atoms with E-state index in [1.807, 2.05) is 17.5 Å². The summed E-state index contributed by atoms with van der Waals surface area (Å²) in [6, 6.07) is 43.0. The fraction of sp³-hybridized carbons (Fsp3) is 0. The summed E-state index contributed by atoms with van der Waals surface area (Å²) in [5.74, 6) is 1.85. The largest absolute Gasteiger partial charge is 0.290 e. The van der Waals surface area contributed by atoms with Gasteiger partial charge in [-0.15, -0.1) is 11.3 Å². The maximum absolute atomic E-state index is 5.17. The third-order valence-corrected chi connectivity index (χ3v) is 9.69. The van der Waals surface area contributed by atoms with Crippen molar-refractivity contribution in [2.45, 2.75) is 0 Å². The summed E-state index contributed by atoms with van der Waals surface area (Å²) < 4.78 is 9.42. The van der Waals surface area contributed by atoms with Gasteiger partial charge >= 0.3 is 0 Å². The van der Waals surface area contributed by atoms with Gasteiger partial charge in [0.05, 0.1) is 43.5 Å². The molecule has 10 rings (SSSR count). The highest BCUT2D eigenvalue weighted by Gasteiger charge is 2.23. The lowest BCUT2D eigenvalue weighted by Gasteiger charge is -2.13. The molecule has 5 heterocycles. The highest BCUT2D eigenvalue weighted by Crippen LogP contribution is 2.42. The van der Waals surface area contributed by atoms with Crippen LogP contribution in [0.15, 0.2) is 128 Å². The van der Waals surface area contributed by atoms with Crippen molar-refractivity contribution in [3.05, 3.63) is 128 Å². The molecule has 0 fully saturated rings. The summed E-state index contributed by atoms with van der Waals surface area (Å²) in [6.45, 7) is 0. The topological polar surface area (TPSA) is 40.0 Å². The van der Waals surface area contributed by atoms with Gasteiger partial charge in [-0.1, -0.05) is 72.8 Å². The summed E-state index contributed by atoms with van der Waals surface area (Å²) in [5.41, 5.74) is 7.66. The van der Waals surface area contributed by atoms with Crippen LogP contribution in [0.4, 0.5) is 0 Å². The Bertz CT molecular complexity index is 2700. The molecule has 0 unspecified atom stereocenters. The van der Waals surface area contributed by atoms with Crippen molar-refractivity contribution >= 4 is 81.2 Å².